The van der Waals surface area contributed by atoms with Crippen molar-refractivity contribution in [3.8, 4) is 0 Å². The molecule has 2 aliphatic rings. The average Bonchev–Trinajstić information content (AvgIpc) is 3.51. The molecule has 3 aromatic heterocycles. The maximum absolute atomic E-state index is 13.1. The topological polar surface area (TPSA) is 167 Å². The van der Waals surface area contributed by atoms with E-state index in [2.05, 4.69) is 36.2 Å². The molecule has 12 nitrogen and oxygen atoms in total. The number of rotatable bonds is 7. The number of pyridine rings is 1. The normalized spacial score (nSPS) is 19.6. The van der Waals surface area contributed by atoms with Crippen LogP contribution in [0.15, 0.2) is 40.3 Å². The Kier molecular flexibility index (Phi) is 7.07. The largest absolute Gasteiger partial charge is 0.543 e. The standard InChI is InChI=1S/C24H25N7O5S3/c1-24(2,3)22-26-12-5-6-30(8-14(12)39-22)7-11-9-37-20-16(19(33)31(20)17(11)21(34)35)28-18(32)15(29-36-4)13-10-38-23(25)27-13/h5-6,8,10,16,20H,7,9H2,1-4H3,(H3-,25,27,28,32,34,35)/b29-15-/t16-,20-/m1/s1. The van der Waals surface area contributed by atoms with Crippen LogP contribution < -0.4 is 20.7 Å². The number of thiazole rings is 2. The summed E-state index contributed by atoms with van der Waals surface area (Å²) < 4.78 is 2.86. The molecule has 0 aliphatic carbocycles. The number of nitrogens with zero attached hydrogens (tertiary/aromatic N) is 5. The summed E-state index contributed by atoms with van der Waals surface area (Å²) in [5, 5.41) is 20.8. The van der Waals surface area contributed by atoms with Crippen molar-refractivity contribution in [3.63, 3.8) is 0 Å². The van der Waals surface area contributed by atoms with Crippen LogP contribution in [0.3, 0.4) is 0 Å². The smallest absolute Gasteiger partial charge is 0.276 e. The van der Waals surface area contributed by atoms with Crippen molar-refractivity contribution in [3.05, 3.63) is 45.8 Å². The fraction of sp³-hybridized carbons (Fsp3) is 0.375. The van der Waals surface area contributed by atoms with E-state index in [0.717, 1.165) is 26.6 Å². The van der Waals surface area contributed by atoms with E-state index in [0.29, 0.717) is 11.3 Å². The predicted molar refractivity (Wildman–Crippen MR) is 146 cm³/mol. The Morgan fingerprint density at radius 3 is 2.77 bits per heavy atom. The molecule has 2 amide bonds. The molecule has 2 aliphatic heterocycles. The highest BCUT2D eigenvalue weighted by atomic mass is 32.2. The van der Waals surface area contributed by atoms with Crippen molar-refractivity contribution >= 4 is 73.3 Å². The maximum atomic E-state index is 13.1. The third kappa shape index (κ3) is 5.08. The highest BCUT2D eigenvalue weighted by Crippen LogP contribution is 2.40. The van der Waals surface area contributed by atoms with Gasteiger partial charge in [-0.15, -0.1) is 34.4 Å². The zero-order valence-electron chi connectivity index (χ0n) is 21.5. The molecule has 0 saturated carbocycles. The molecule has 0 radical (unpaired) electrons. The van der Waals surface area contributed by atoms with Gasteiger partial charge in [0.25, 0.3) is 11.8 Å². The van der Waals surface area contributed by atoms with Crippen LogP contribution in [0.4, 0.5) is 5.13 Å². The molecule has 1 fully saturated rings. The number of nitrogen functional groups attached to an aromatic ring is 1. The number of nitrogens with two attached hydrogens (primary N) is 1. The van der Waals surface area contributed by atoms with E-state index < -0.39 is 29.2 Å². The van der Waals surface area contributed by atoms with Crippen molar-refractivity contribution in [2.45, 2.75) is 44.1 Å². The van der Waals surface area contributed by atoms with Crippen molar-refractivity contribution in [1.82, 2.24) is 20.2 Å². The quantitative estimate of drug-likeness (QED) is 0.172. The number of hydrogen-bond donors (Lipinski definition) is 2. The van der Waals surface area contributed by atoms with Crippen LogP contribution in [0.5, 0.6) is 0 Å². The number of oxime groups is 1. The summed E-state index contributed by atoms with van der Waals surface area (Å²) in [5.41, 5.74) is 6.90. The number of aliphatic carboxylic acids is 1. The van der Waals surface area contributed by atoms with Gasteiger partial charge < -0.3 is 25.8 Å². The van der Waals surface area contributed by atoms with Gasteiger partial charge in [-0.25, -0.2) is 9.97 Å². The minimum atomic E-state index is -1.44. The number of amides is 2. The fourth-order valence-corrected chi connectivity index (χ4v) is 7.20. The molecule has 5 heterocycles. The van der Waals surface area contributed by atoms with Crippen molar-refractivity contribution in [2.75, 3.05) is 18.6 Å². The van der Waals surface area contributed by atoms with Gasteiger partial charge in [-0.05, 0) is 0 Å². The Hall–Kier alpha value is -3.56. The minimum Gasteiger partial charge on any atom is -0.543 e. The van der Waals surface area contributed by atoms with Gasteiger partial charge in [0.2, 0.25) is 0 Å². The first kappa shape index (κ1) is 27.0. The van der Waals surface area contributed by atoms with Crippen molar-refractivity contribution < 1.29 is 28.9 Å². The van der Waals surface area contributed by atoms with Gasteiger partial charge >= 0.3 is 0 Å². The molecule has 5 rings (SSSR count). The molecule has 0 spiro atoms. The van der Waals surface area contributed by atoms with Gasteiger partial charge in [0.05, 0.1) is 22.2 Å². The zero-order chi connectivity index (χ0) is 28.1. The molecule has 39 heavy (non-hydrogen) atoms. The third-order valence-corrected chi connectivity index (χ3v) is 9.54. The number of carboxylic acid groups (broad SMARTS) is 1. The molecule has 1 saturated heterocycles. The lowest BCUT2D eigenvalue weighted by molar-refractivity contribution is -0.687. The number of thioether (sulfide) groups is 1. The summed E-state index contributed by atoms with van der Waals surface area (Å²) in [6, 6.07) is 0.947. The van der Waals surface area contributed by atoms with Gasteiger partial charge in [0, 0.05) is 28.2 Å². The van der Waals surface area contributed by atoms with E-state index in [1.807, 2.05) is 23.0 Å². The molecular formula is C24H25N7O5S3. The number of hydrogen-bond acceptors (Lipinski definition) is 12. The second-order valence-electron chi connectivity index (χ2n) is 9.93. The Morgan fingerprint density at radius 1 is 1.36 bits per heavy atom. The predicted octanol–water partition coefficient (Wildman–Crippen LogP) is 0.375. The summed E-state index contributed by atoms with van der Waals surface area (Å²) in [6.45, 7) is 6.57. The first-order valence-corrected chi connectivity index (χ1v) is 14.5. The molecule has 2 atom stereocenters. The van der Waals surface area contributed by atoms with E-state index in [9.17, 15) is 19.5 Å². The van der Waals surface area contributed by atoms with Crippen LogP contribution in [0.25, 0.3) is 10.2 Å². The lowest BCUT2D eigenvalue weighted by atomic mass is 9.98. The van der Waals surface area contributed by atoms with Crippen LogP contribution >= 0.6 is 34.4 Å². The number of aromatic nitrogens is 3. The number of nitrogens with one attached hydrogen (secondary N) is 1. The zero-order valence-corrected chi connectivity index (χ0v) is 23.9. The monoisotopic (exact) mass is 587 g/mol. The van der Waals surface area contributed by atoms with Crippen molar-refractivity contribution in [2.24, 2.45) is 5.16 Å². The van der Waals surface area contributed by atoms with E-state index in [4.69, 9.17) is 15.6 Å². The SMILES string of the molecule is CO/N=C(\C(=O)N[C@@H]1C(=O)N2C(C(=O)[O-])=C(C[n+]3ccc4nc(C(C)(C)C)sc4c3)CS[C@H]12)c1csc(N)n1. The molecule has 3 N–H and O–H groups in total. The highest BCUT2D eigenvalue weighted by Gasteiger charge is 2.53. The lowest BCUT2D eigenvalue weighted by Gasteiger charge is -2.50. The second-order valence-corrected chi connectivity index (χ2v) is 13.0. The maximum Gasteiger partial charge on any atom is 0.276 e. The number of carbonyl (C=O) groups excluding carboxylic acids is 3. The van der Waals surface area contributed by atoms with E-state index in [1.54, 1.807) is 16.7 Å². The third-order valence-electron chi connectivity index (χ3n) is 6.09. The van der Waals surface area contributed by atoms with E-state index in [-0.39, 0.29) is 34.2 Å². The average molecular weight is 588 g/mol. The Morgan fingerprint density at radius 2 is 2.13 bits per heavy atom. The van der Waals surface area contributed by atoms with E-state index >= 15 is 0 Å². The van der Waals surface area contributed by atoms with Crippen LogP contribution in [-0.4, -0.2) is 62.6 Å². The number of anilines is 1. The van der Waals surface area contributed by atoms with Crippen molar-refractivity contribution in [1.29, 1.82) is 0 Å². The second kappa shape index (κ2) is 10.2. The van der Waals surface area contributed by atoms with Crippen LogP contribution in [0.2, 0.25) is 0 Å². The van der Waals surface area contributed by atoms with Gasteiger partial charge in [-0.3, -0.25) is 14.5 Å². The Bertz CT molecular complexity index is 1550. The van der Waals surface area contributed by atoms with Gasteiger partial charge in [-0.1, -0.05) is 25.9 Å². The molecule has 3 aromatic rings. The summed E-state index contributed by atoms with van der Waals surface area (Å²) in [5.74, 6) is -2.34. The molecule has 204 valence electrons. The van der Waals surface area contributed by atoms with Gasteiger partial charge in [0.15, 0.2) is 29.8 Å². The number of β-lactam (4-membered cyclic amide) rings is 1. The lowest BCUT2D eigenvalue weighted by Crippen LogP contribution is -2.71. The number of carbonyl (C=O) groups is 3. The summed E-state index contributed by atoms with van der Waals surface area (Å²) >= 11 is 4.09. The highest BCUT2D eigenvalue weighted by molar-refractivity contribution is 8.00. The fourth-order valence-electron chi connectivity index (χ4n) is 4.25. The first-order chi connectivity index (χ1) is 18.5. The Labute approximate surface area is 235 Å². The molecule has 15 heteroatoms. The minimum absolute atomic E-state index is 0.0815. The van der Waals surface area contributed by atoms with Crippen LogP contribution in [-0.2, 0) is 31.2 Å². The van der Waals surface area contributed by atoms with E-state index in [1.165, 1.54) is 23.8 Å². The molecule has 0 aromatic carbocycles. The summed E-state index contributed by atoms with van der Waals surface area (Å²) in [7, 11) is 1.28. The van der Waals surface area contributed by atoms with Gasteiger partial charge in [-0.2, -0.15) is 4.57 Å². The molecule has 0 unspecified atom stereocenters. The number of fused-ring (bicyclic) bond motifs is 2. The summed E-state index contributed by atoms with van der Waals surface area (Å²) in [4.78, 5) is 52.9. The molecule has 0 bridgehead atoms. The number of carboxylic acids is 1. The summed E-state index contributed by atoms with van der Waals surface area (Å²) in [6.07, 6.45) is 3.77. The molecular weight excluding hydrogens is 563 g/mol. The van der Waals surface area contributed by atoms with Gasteiger partial charge in [0.1, 0.15) is 28.9 Å². The Balaban J connectivity index is 1.36. The van der Waals surface area contributed by atoms with Crippen LogP contribution in [0, 0.1) is 0 Å². The first-order valence-electron chi connectivity index (χ1n) is 11.8. The van der Waals surface area contributed by atoms with Crippen LogP contribution in [0.1, 0.15) is 31.5 Å².